The third-order valence-corrected chi connectivity index (χ3v) is 4.64. The van der Waals surface area contributed by atoms with Gasteiger partial charge in [-0.05, 0) is 18.6 Å². The monoisotopic (exact) mass is 289 g/mol. The minimum absolute atomic E-state index is 0.0665. The zero-order chi connectivity index (χ0) is 13.2. The van der Waals surface area contributed by atoms with Crippen molar-refractivity contribution < 1.29 is 17.9 Å². The number of benzene rings is 1. The van der Waals surface area contributed by atoms with Crippen molar-refractivity contribution in [3.05, 3.63) is 29.3 Å². The molecule has 1 amide bonds. The van der Waals surface area contributed by atoms with E-state index in [0.717, 1.165) is 0 Å². The number of carbonyl (C=O) groups excluding carboxylic acids is 1. The predicted molar refractivity (Wildman–Crippen MR) is 68.6 cm³/mol. The Morgan fingerprint density at radius 3 is 2.72 bits per heavy atom. The van der Waals surface area contributed by atoms with Crippen LogP contribution in [0.4, 0.5) is 10.5 Å². The Morgan fingerprint density at radius 1 is 1.39 bits per heavy atom. The Labute approximate surface area is 110 Å². The Morgan fingerprint density at radius 2 is 2.11 bits per heavy atom. The topological polar surface area (TPSA) is 72.5 Å². The zero-order valence-electron chi connectivity index (χ0n) is 9.43. The summed E-state index contributed by atoms with van der Waals surface area (Å²) in [6, 6.07) is 6.73. The van der Waals surface area contributed by atoms with E-state index in [1.807, 2.05) is 0 Å². The van der Waals surface area contributed by atoms with E-state index in [0.29, 0.717) is 17.1 Å². The smallest absolute Gasteiger partial charge is 0.411 e. The van der Waals surface area contributed by atoms with Crippen LogP contribution in [-0.4, -0.2) is 32.1 Å². The molecule has 1 fully saturated rings. The fourth-order valence-corrected chi connectivity index (χ4v) is 3.48. The van der Waals surface area contributed by atoms with Gasteiger partial charge >= 0.3 is 6.09 Å². The molecule has 7 heteroatoms. The lowest BCUT2D eigenvalue weighted by atomic mass is 10.3. The molecule has 5 nitrogen and oxygen atoms in total. The maximum atomic E-state index is 11.5. The molecule has 0 aliphatic carbocycles. The maximum Gasteiger partial charge on any atom is 0.411 e. The molecule has 0 radical (unpaired) electrons. The lowest BCUT2D eigenvalue weighted by molar-refractivity contribution is 0.124. The third kappa shape index (κ3) is 3.36. The minimum Gasteiger partial charge on any atom is -0.445 e. The van der Waals surface area contributed by atoms with Crippen molar-refractivity contribution in [3.8, 4) is 0 Å². The van der Waals surface area contributed by atoms with Gasteiger partial charge in [-0.1, -0.05) is 23.7 Å². The molecule has 1 aromatic rings. The predicted octanol–water partition coefficient (Wildman–Crippen LogP) is 2.08. The molecular weight excluding hydrogens is 278 g/mol. The summed E-state index contributed by atoms with van der Waals surface area (Å²) in [6.45, 7) is 0. The molecular formula is C11H12ClNO4S. The molecule has 1 N–H and O–H groups in total. The van der Waals surface area contributed by atoms with Gasteiger partial charge in [-0.3, -0.25) is 5.32 Å². The molecule has 1 saturated heterocycles. The van der Waals surface area contributed by atoms with E-state index in [1.165, 1.54) is 0 Å². The second-order valence-corrected chi connectivity index (χ2v) is 6.67. The van der Waals surface area contributed by atoms with Gasteiger partial charge in [0.2, 0.25) is 0 Å². The summed E-state index contributed by atoms with van der Waals surface area (Å²) in [7, 11) is -3.05. The highest BCUT2D eigenvalue weighted by Gasteiger charge is 2.30. The van der Waals surface area contributed by atoms with Crippen molar-refractivity contribution in [1.82, 2.24) is 0 Å². The van der Waals surface area contributed by atoms with Crippen LogP contribution in [0, 0.1) is 0 Å². The quantitative estimate of drug-likeness (QED) is 0.905. The summed E-state index contributed by atoms with van der Waals surface area (Å²) >= 11 is 5.86. The Bertz CT molecular complexity index is 558. The molecule has 0 unspecified atom stereocenters. The van der Waals surface area contributed by atoms with E-state index < -0.39 is 22.0 Å². The molecule has 0 bridgehead atoms. The van der Waals surface area contributed by atoms with E-state index in [2.05, 4.69) is 5.32 Å². The Balaban J connectivity index is 1.92. The number of sulfone groups is 1. The van der Waals surface area contributed by atoms with Crippen LogP contribution in [0.1, 0.15) is 6.42 Å². The average Bonchev–Trinajstić information content (AvgIpc) is 2.61. The molecule has 18 heavy (non-hydrogen) atoms. The van der Waals surface area contributed by atoms with E-state index in [9.17, 15) is 13.2 Å². The molecule has 0 spiro atoms. The minimum atomic E-state index is -3.05. The van der Waals surface area contributed by atoms with Crippen molar-refractivity contribution in [1.29, 1.82) is 0 Å². The molecule has 0 aromatic heterocycles. The lowest BCUT2D eigenvalue weighted by Gasteiger charge is -2.11. The number of amides is 1. The van der Waals surface area contributed by atoms with Crippen LogP contribution in [0.25, 0.3) is 0 Å². The van der Waals surface area contributed by atoms with Crippen LogP contribution in [0.3, 0.4) is 0 Å². The molecule has 1 heterocycles. The van der Waals surface area contributed by atoms with Gasteiger partial charge in [0.15, 0.2) is 9.84 Å². The first-order valence-corrected chi connectivity index (χ1v) is 7.59. The summed E-state index contributed by atoms with van der Waals surface area (Å²) in [6.07, 6.45) is -0.916. The van der Waals surface area contributed by atoms with Gasteiger partial charge < -0.3 is 4.74 Å². The lowest BCUT2D eigenvalue weighted by Crippen LogP contribution is -2.23. The SMILES string of the molecule is O=C(Nc1ccccc1Cl)O[C@H]1CCS(=O)(=O)C1. The van der Waals surface area contributed by atoms with Crippen LogP contribution in [-0.2, 0) is 14.6 Å². The molecule has 0 saturated carbocycles. The fraction of sp³-hybridized carbons (Fsp3) is 0.364. The number of ether oxygens (including phenoxy) is 1. The van der Waals surface area contributed by atoms with Crippen molar-refractivity contribution in [2.75, 3.05) is 16.8 Å². The standard InChI is InChI=1S/C11H12ClNO4S/c12-9-3-1-2-4-10(9)13-11(14)17-8-5-6-18(15,16)7-8/h1-4,8H,5-7H2,(H,13,14)/t8-/m0/s1. The summed E-state index contributed by atoms with van der Waals surface area (Å²) in [5, 5.41) is 2.87. The van der Waals surface area contributed by atoms with Gasteiger partial charge in [0, 0.05) is 0 Å². The third-order valence-electron chi connectivity index (χ3n) is 2.57. The number of hydrogen-bond donors (Lipinski definition) is 1. The van der Waals surface area contributed by atoms with Gasteiger partial charge in [0.05, 0.1) is 22.2 Å². The van der Waals surface area contributed by atoms with E-state index in [1.54, 1.807) is 24.3 Å². The first-order valence-electron chi connectivity index (χ1n) is 5.39. The van der Waals surface area contributed by atoms with Crippen molar-refractivity contribution in [3.63, 3.8) is 0 Å². The fourth-order valence-electron chi connectivity index (χ4n) is 1.71. The van der Waals surface area contributed by atoms with Gasteiger partial charge in [-0.2, -0.15) is 0 Å². The van der Waals surface area contributed by atoms with Crippen LogP contribution >= 0.6 is 11.6 Å². The van der Waals surface area contributed by atoms with Crippen LogP contribution < -0.4 is 5.32 Å². The average molecular weight is 290 g/mol. The number of carbonyl (C=O) groups is 1. The van der Waals surface area contributed by atoms with E-state index >= 15 is 0 Å². The summed E-state index contributed by atoms with van der Waals surface area (Å²) < 4.78 is 27.4. The van der Waals surface area contributed by atoms with Gasteiger partial charge in [-0.25, -0.2) is 13.2 Å². The summed E-state index contributed by atoms with van der Waals surface area (Å²) in [5.41, 5.74) is 0.435. The van der Waals surface area contributed by atoms with Crippen LogP contribution in [0.2, 0.25) is 5.02 Å². The Kier molecular flexibility index (Phi) is 3.77. The summed E-state index contributed by atoms with van der Waals surface area (Å²) in [5.74, 6) is -0.0417. The van der Waals surface area contributed by atoms with Crippen molar-refractivity contribution in [2.24, 2.45) is 0 Å². The molecule has 1 aliphatic heterocycles. The normalized spacial score (nSPS) is 21.5. The van der Waals surface area contributed by atoms with Crippen molar-refractivity contribution >= 4 is 33.2 Å². The highest BCUT2D eigenvalue weighted by molar-refractivity contribution is 7.91. The van der Waals surface area contributed by atoms with Gasteiger partial charge in [-0.15, -0.1) is 0 Å². The maximum absolute atomic E-state index is 11.5. The van der Waals surface area contributed by atoms with Gasteiger partial charge in [0.1, 0.15) is 6.10 Å². The highest BCUT2D eigenvalue weighted by atomic mass is 35.5. The number of para-hydroxylation sites is 1. The van der Waals surface area contributed by atoms with E-state index in [-0.39, 0.29) is 11.5 Å². The first-order chi connectivity index (χ1) is 8.46. The Hall–Kier alpha value is -1.27. The molecule has 98 valence electrons. The highest BCUT2D eigenvalue weighted by Crippen LogP contribution is 2.21. The van der Waals surface area contributed by atoms with E-state index in [4.69, 9.17) is 16.3 Å². The van der Waals surface area contributed by atoms with Crippen LogP contribution in [0.15, 0.2) is 24.3 Å². The molecule has 1 aliphatic rings. The molecule has 2 rings (SSSR count). The number of anilines is 1. The number of hydrogen-bond acceptors (Lipinski definition) is 4. The number of halogens is 1. The second-order valence-electron chi connectivity index (χ2n) is 4.04. The molecule has 1 aromatic carbocycles. The molecule has 1 atom stereocenters. The number of rotatable bonds is 2. The van der Waals surface area contributed by atoms with Gasteiger partial charge in [0.25, 0.3) is 0 Å². The second kappa shape index (κ2) is 5.16. The first kappa shape index (κ1) is 13.2. The number of nitrogens with one attached hydrogen (secondary N) is 1. The van der Waals surface area contributed by atoms with Crippen LogP contribution in [0.5, 0.6) is 0 Å². The zero-order valence-corrected chi connectivity index (χ0v) is 11.0. The summed E-state index contributed by atoms with van der Waals surface area (Å²) in [4.78, 5) is 11.5. The van der Waals surface area contributed by atoms with Crippen molar-refractivity contribution in [2.45, 2.75) is 12.5 Å². The largest absolute Gasteiger partial charge is 0.445 e.